The van der Waals surface area contributed by atoms with Gasteiger partial charge in [-0.3, -0.25) is 14.3 Å². The highest BCUT2D eigenvalue weighted by molar-refractivity contribution is 7.07. The van der Waals surface area contributed by atoms with Gasteiger partial charge in [-0.2, -0.15) is 0 Å². The van der Waals surface area contributed by atoms with E-state index in [-0.39, 0.29) is 12.2 Å². The summed E-state index contributed by atoms with van der Waals surface area (Å²) in [5.41, 5.74) is 2.27. The van der Waals surface area contributed by atoms with Crippen molar-refractivity contribution in [1.82, 2.24) is 9.55 Å². The van der Waals surface area contributed by atoms with Crippen LogP contribution in [0.15, 0.2) is 69.8 Å². The van der Waals surface area contributed by atoms with E-state index in [1.807, 2.05) is 43.3 Å². The van der Waals surface area contributed by atoms with Crippen molar-refractivity contribution in [3.63, 3.8) is 0 Å². The number of hydrogen-bond acceptors (Lipinski definition) is 7. The molecule has 1 aromatic carbocycles. The second kappa shape index (κ2) is 9.32. The average molecular weight is 450 g/mol. The van der Waals surface area contributed by atoms with Gasteiger partial charge in [0.1, 0.15) is 5.75 Å². The van der Waals surface area contributed by atoms with E-state index < -0.39 is 12.0 Å². The zero-order valence-corrected chi connectivity index (χ0v) is 18.9. The second-order valence-corrected chi connectivity index (χ2v) is 8.10. The van der Waals surface area contributed by atoms with E-state index in [0.29, 0.717) is 27.2 Å². The van der Waals surface area contributed by atoms with Crippen molar-refractivity contribution in [3.05, 3.63) is 90.9 Å². The fourth-order valence-corrected chi connectivity index (χ4v) is 4.68. The number of carbonyl (C=O) groups excluding carboxylic acids is 1. The van der Waals surface area contributed by atoms with Crippen LogP contribution >= 0.6 is 11.3 Å². The van der Waals surface area contributed by atoms with Gasteiger partial charge >= 0.3 is 5.97 Å². The first-order valence-electron chi connectivity index (χ1n) is 10.4. The highest BCUT2D eigenvalue weighted by atomic mass is 32.1. The van der Waals surface area contributed by atoms with Crippen LogP contribution in [0.4, 0.5) is 0 Å². The van der Waals surface area contributed by atoms with Gasteiger partial charge in [0.25, 0.3) is 5.56 Å². The minimum Gasteiger partial charge on any atom is -0.494 e. The summed E-state index contributed by atoms with van der Waals surface area (Å²) >= 11 is 1.29. The van der Waals surface area contributed by atoms with Gasteiger partial charge in [0, 0.05) is 12.4 Å². The van der Waals surface area contributed by atoms with Crippen LogP contribution in [0, 0.1) is 0 Å². The summed E-state index contributed by atoms with van der Waals surface area (Å²) in [5, 5.41) is 0. The first kappa shape index (κ1) is 21.7. The number of rotatable bonds is 6. The maximum Gasteiger partial charge on any atom is 0.338 e. The number of allylic oxidation sites excluding steroid dienone is 1. The molecule has 0 amide bonds. The Hall–Kier alpha value is -3.52. The molecule has 0 spiro atoms. The Morgan fingerprint density at radius 3 is 2.62 bits per heavy atom. The molecular weight excluding hydrogens is 426 g/mol. The Bertz CT molecular complexity index is 1340. The number of hydrogen-bond donors (Lipinski definition) is 0. The fraction of sp³-hybridized carbons (Fsp3) is 0.250. The summed E-state index contributed by atoms with van der Waals surface area (Å²) in [5.74, 6) is 0.243. The van der Waals surface area contributed by atoms with Crippen LogP contribution < -0.4 is 19.6 Å². The largest absolute Gasteiger partial charge is 0.494 e. The third-order valence-corrected chi connectivity index (χ3v) is 5.99. The van der Waals surface area contributed by atoms with Gasteiger partial charge in [-0.25, -0.2) is 9.79 Å². The van der Waals surface area contributed by atoms with Crippen molar-refractivity contribution < 1.29 is 14.3 Å². The molecule has 164 valence electrons. The number of fused-ring (bicyclic) bond motifs is 1. The zero-order chi connectivity index (χ0) is 22.7. The maximum atomic E-state index is 13.5. The van der Waals surface area contributed by atoms with Crippen LogP contribution in [0.3, 0.4) is 0 Å². The van der Waals surface area contributed by atoms with Gasteiger partial charge < -0.3 is 9.47 Å². The van der Waals surface area contributed by atoms with Gasteiger partial charge in [-0.15, -0.1) is 0 Å². The molecule has 0 N–H and O–H groups in total. The van der Waals surface area contributed by atoms with Crippen LogP contribution in [0.25, 0.3) is 6.08 Å². The van der Waals surface area contributed by atoms with Crippen LogP contribution in [0.2, 0.25) is 0 Å². The lowest BCUT2D eigenvalue weighted by Crippen LogP contribution is -2.39. The molecule has 2 aromatic heterocycles. The first-order chi connectivity index (χ1) is 15.5. The summed E-state index contributed by atoms with van der Waals surface area (Å²) in [6.45, 7) is 6.22. The number of esters is 1. The van der Waals surface area contributed by atoms with E-state index in [0.717, 1.165) is 16.9 Å². The van der Waals surface area contributed by atoms with Crippen molar-refractivity contribution in [2.24, 2.45) is 4.99 Å². The smallest absolute Gasteiger partial charge is 0.338 e. The predicted molar refractivity (Wildman–Crippen MR) is 122 cm³/mol. The SMILES string of the molecule is CCOC(=O)C1=C(C)N=c2sc(=Cc3cccnc3)c(=O)n2[C@H]1c1ccc(OCC)cc1. The molecule has 0 aliphatic carbocycles. The second-order valence-electron chi connectivity index (χ2n) is 7.09. The van der Waals surface area contributed by atoms with Crippen molar-refractivity contribution >= 4 is 23.4 Å². The standard InChI is InChI=1S/C24H23N3O4S/c1-4-30-18-10-8-17(9-11-18)21-20(23(29)31-5-2)15(3)26-24-27(21)22(28)19(32-24)13-16-7-6-12-25-14-16/h6-14,21H,4-5H2,1-3H3/t21-/m0/s1. The van der Waals surface area contributed by atoms with Crippen molar-refractivity contribution in [2.75, 3.05) is 13.2 Å². The Balaban J connectivity index is 1.92. The highest BCUT2D eigenvalue weighted by Crippen LogP contribution is 2.31. The summed E-state index contributed by atoms with van der Waals surface area (Å²) in [6, 6.07) is 10.5. The van der Waals surface area contributed by atoms with E-state index in [4.69, 9.17) is 9.47 Å². The zero-order valence-electron chi connectivity index (χ0n) is 18.1. The van der Waals surface area contributed by atoms with Crippen molar-refractivity contribution in [1.29, 1.82) is 0 Å². The Morgan fingerprint density at radius 2 is 1.97 bits per heavy atom. The summed E-state index contributed by atoms with van der Waals surface area (Å²) < 4.78 is 13.0. The normalized spacial score (nSPS) is 15.8. The number of ether oxygens (including phenoxy) is 2. The molecule has 3 heterocycles. The van der Waals surface area contributed by atoms with Crippen LogP contribution in [0.1, 0.15) is 37.9 Å². The Morgan fingerprint density at radius 1 is 1.19 bits per heavy atom. The number of thiazole rings is 1. The third-order valence-electron chi connectivity index (χ3n) is 5.01. The quantitative estimate of drug-likeness (QED) is 0.540. The summed E-state index contributed by atoms with van der Waals surface area (Å²) in [7, 11) is 0. The van der Waals surface area contributed by atoms with Gasteiger partial charge in [0.2, 0.25) is 0 Å². The van der Waals surface area contributed by atoms with Gasteiger partial charge in [0.05, 0.1) is 35.1 Å². The minimum absolute atomic E-state index is 0.217. The maximum absolute atomic E-state index is 13.5. The molecule has 0 bridgehead atoms. The van der Waals surface area contributed by atoms with Gasteiger partial charge in [-0.05, 0) is 56.2 Å². The average Bonchev–Trinajstić information content (AvgIpc) is 3.09. The number of pyridine rings is 1. The number of carbonyl (C=O) groups is 1. The lowest BCUT2D eigenvalue weighted by atomic mass is 9.96. The molecule has 0 radical (unpaired) electrons. The minimum atomic E-state index is -0.642. The molecule has 0 saturated carbocycles. The van der Waals surface area contributed by atoms with Gasteiger partial charge in [0.15, 0.2) is 4.80 Å². The third kappa shape index (κ3) is 4.13. The fourth-order valence-electron chi connectivity index (χ4n) is 3.63. The summed E-state index contributed by atoms with van der Waals surface area (Å²) in [6.07, 6.45) is 5.16. The first-order valence-corrected chi connectivity index (χ1v) is 11.2. The van der Waals surface area contributed by atoms with E-state index in [1.165, 1.54) is 11.3 Å². The molecule has 1 aliphatic rings. The Labute approximate surface area is 189 Å². The van der Waals surface area contributed by atoms with E-state index in [9.17, 15) is 9.59 Å². The van der Waals surface area contributed by atoms with Crippen LogP contribution in [-0.4, -0.2) is 28.7 Å². The molecule has 32 heavy (non-hydrogen) atoms. The molecule has 3 aromatic rings. The number of nitrogens with zero attached hydrogens (tertiary/aromatic N) is 3. The Kier molecular flexibility index (Phi) is 6.32. The molecule has 8 heteroatoms. The van der Waals surface area contributed by atoms with Crippen molar-refractivity contribution in [2.45, 2.75) is 26.8 Å². The molecular formula is C24H23N3O4S. The van der Waals surface area contributed by atoms with E-state index >= 15 is 0 Å². The molecule has 1 aliphatic heterocycles. The monoisotopic (exact) mass is 449 g/mol. The molecule has 7 nitrogen and oxygen atoms in total. The lowest BCUT2D eigenvalue weighted by molar-refractivity contribution is -0.139. The molecule has 0 unspecified atom stereocenters. The topological polar surface area (TPSA) is 82.8 Å². The number of aromatic nitrogens is 2. The molecule has 4 rings (SSSR count). The van der Waals surface area contributed by atoms with Crippen LogP contribution in [0.5, 0.6) is 5.75 Å². The lowest BCUT2D eigenvalue weighted by Gasteiger charge is -2.24. The molecule has 1 atom stereocenters. The molecule has 0 saturated heterocycles. The van der Waals surface area contributed by atoms with Crippen molar-refractivity contribution in [3.8, 4) is 5.75 Å². The molecule has 0 fully saturated rings. The summed E-state index contributed by atoms with van der Waals surface area (Å²) in [4.78, 5) is 35.6. The highest BCUT2D eigenvalue weighted by Gasteiger charge is 2.33. The number of benzene rings is 1. The predicted octanol–water partition coefficient (Wildman–Crippen LogP) is 2.59. The van der Waals surface area contributed by atoms with E-state index in [2.05, 4.69) is 9.98 Å². The van der Waals surface area contributed by atoms with Gasteiger partial charge in [-0.1, -0.05) is 29.5 Å². The van der Waals surface area contributed by atoms with E-state index in [1.54, 1.807) is 36.9 Å². The van der Waals surface area contributed by atoms with Crippen LogP contribution in [-0.2, 0) is 9.53 Å².